The number of likely N-dealkylation sites (N-methyl/N-ethyl adjacent to an activating group) is 1. The van der Waals surface area contributed by atoms with Crippen LogP contribution < -0.4 is 4.48 Å². The Morgan fingerprint density at radius 1 is 1.17 bits per heavy atom. The fraction of sp³-hybridized carbons (Fsp3) is 0.286. The first-order valence-corrected chi connectivity index (χ1v) is 12.2. The molecule has 1 amide bonds. The lowest BCUT2D eigenvalue weighted by molar-refractivity contribution is 0.00143. The lowest BCUT2D eigenvalue weighted by Crippen LogP contribution is -2.60. The van der Waals surface area contributed by atoms with Gasteiger partial charge in [-0.3, -0.25) is 9.78 Å². The minimum Gasteiger partial charge on any atom is -0.505 e. The minimum absolute atomic E-state index is 0.00259. The molecule has 0 radical (unpaired) electrons. The molecular formula is C28H28FN4O3+. The third kappa shape index (κ3) is 3.61. The molecule has 36 heavy (non-hydrogen) atoms. The number of hydrogen-bond acceptors (Lipinski definition) is 5. The van der Waals surface area contributed by atoms with Crippen molar-refractivity contribution in [2.24, 2.45) is 0 Å². The molecule has 1 fully saturated rings. The van der Waals surface area contributed by atoms with Crippen molar-refractivity contribution in [3.8, 4) is 5.75 Å². The maximum atomic E-state index is 13.7. The summed E-state index contributed by atoms with van der Waals surface area (Å²) in [5, 5.41) is 12.1. The van der Waals surface area contributed by atoms with E-state index in [-0.39, 0.29) is 23.6 Å². The number of rotatable bonds is 4. The van der Waals surface area contributed by atoms with Gasteiger partial charge in [-0.1, -0.05) is 18.2 Å². The summed E-state index contributed by atoms with van der Waals surface area (Å²) in [6.45, 7) is 3.64. The van der Waals surface area contributed by atoms with E-state index in [0.717, 1.165) is 35.3 Å². The highest BCUT2D eigenvalue weighted by atomic mass is 19.1. The maximum Gasteiger partial charge on any atom is 0.258 e. The zero-order valence-corrected chi connectivity index (χ0v) is 20.1. The Morgan fingerprint density at radius 2 is 1.94 bits per heavy atom. The monoisotopic (exact) mass is 487 g/mol. The van der Waals surface area contributed by atoms with Gasteiger partial charge in [0.25, 0.3) is 5.91 Å². The Bertz CT molecular complexity index is 1400. The van der Waals surface area contributed by atoms with Gasteiger partial charge in [0.05, 0.1) is 43.3 Å². The number of aromatic hydroxyl groups is 1. The van der Waals surface area contributed by atoms with E-state index in [4.69, 9.17) is 4.74 Å². The van der Waals surface area contributed by atoms with Crippen LogP contribution in [0.25, 0.3) is 10.9 Å². The Balaban J connectivity index is 1.51. The van der Waals surface area contributed by atoms with Crippen LogP contribution >= 0.6 is 0 Å². The van der Waals surface area contributed by atoms with Crippen molar-refractivity contribution in [3.05, 3.63) is 89.5 Å². The summed E-state index contributed by atoms with van der Waals surface area (Å²) < 4.78 is 19.5. The summed E-state index contributed by atoms with van der Waals surface area (Å²) in [5.74, 6) is -0.641. The topological polar surface area (TPSA) is 65.9 Å². The predicted molar refractivity (Wildman–Crippen MR) is 136 cm³/mol. The third-order valence-electron chi connectivity index (χ3n) is 7.49. The molecule has 2 aromatic carbocycles. The SMILES string of the molecule is C[N+]1(c2c3c(c(O)c4ncccc24)C(=O)N(Cc2ccc(F)cc2)C3)C=CC=CC1N1CCOCC1. The third-order valence-corrected chi connectivity index (χ3v) is 7.49. The normalized spacial score (nSPS) is 24.0. The number of aromatic nitrogens is 1. The van der Waals surface area contributed by atoms with E-state index in [0.29, 0.717) is 41.9 Å². The number of nitrogens with zero attached hydrogens (tertiary/aromatic N) is 4. The molecular weight excluding hydrogens is 459 g/mol. The van der Waals surface area contributed by atoms with Gasteiger partial charge in [-0.2, -0.15) is 0 Å². The van der Waals surface area contributed by atoms with Crippen molar-refractivity contribution in [1.82, 2.24) is 19.3 Å². The van der Waals surface area contributed by atoms with Crippen LogP contribution in [-0.4, -0.2) is 65.3 Å². The summed E-state index contributed by atoms with van der Waals surface area (Å²) in [6.07, 6.45) is 10.1. The quantitative estimate of drug-likeness (QED) is 0.566. The number of carbonyl (C=O) groups is 1. The smallest absolute Gasteiger partial charge is 0.258 e. The second kappa shape index (κ2) is 8.81. The number of phenolic OH excluding ortho intramolecular Hbond substituents is 1. The lowest BCUT2D eigenvalue weighted by atomic mass is 9.97. The first-order valence-electron chi connectivity index (χ1n) is 12.2. The largest absolute Gasteiger partial charge is 0.505 e. The summed E-state index contributed by atoms with van der Waals surface area (Å²) in [5.41, 5.74) is 3.32. The molecule has 8 heteroatoms. The molecule has 6 rings (SSSR count). The van der Waals surface area contributed by atoms with Gasteiger partial charge in [0, 0.05) is 25.8 Å². The number of quaternary nitrogens is 1. The molecule has 2 unspecified atom stereocenters. The minimum atomic E-state index is -0.316. The molecule has 2 atom stereocenters. The molecule has 1 aromatic heterocycles. The van der Waals surface area contributed by atoms with Crippen molar-refractivity contribution in [3.63, 3.8) is 0 Å². The molecule has 0 spiro atoms. The van der Waals surface area contributed by atoms with Crippen LogP contribution in [0.1, 0.15) is 21.5 Å². The van der Waals surface area contributed by atoms with Crippen molar-refractivity contribution < 1.29 is 19.0 Å². The summed E-state index contributed by atoms with van der Waals surface area (Å²) in [4.78, 5) is 22.2. The highest BCUT2D eigenvalue weighted by Crippen LogP contribution is 2.48. The van der Waals surface area contributed by atoms with Gasteiger partial charge in [0.1, 0.15) is 17.5 Å². The van der Waals surface area contributed by atoms with E-state index in [1.165, 1.54) is 12.1 Å². The van der Waals surface area contributed by atoms with Crippen LogP contribution in [0.3, 0.4) is 0 Å². The lowest BCUT2D eigenvalue weighted by Gasteiger charge is -2.45. The Hall–Kier alpha value is -3.59. The number of fused-ring (bicyclic) bond motifs is 2. The van der Waals surface area contributed by atoms with E-state index in [1.54, 1.807) is 23.2 Å². The highest BCUT2D eigenvalue weighted by molar-refractivity contribution is 6.11. The zero-order valence-electron chi connectivity index (χ0n) is 20.1. The van der Waals surface area contributed by atoms with E-state index in [2.05, 4.69) is 35.3 Å². The molecule has 1 N–H and O–H groups in total. The fourth-order valence-electron chi connectivity index (χ4n) is 5.79. The van der Waals surface area contributed by atoms with Crippen molar-refractivity contribution >= 4 is 22.5 Å². The van der Waals surface area contributed by atoms with Crippen LogP contribution in [0.15, 0.2) is 67.0 Å². The average Bonchev–Trinajstić information content (AvgIpc) is 3.21. The van der Waals surface area contributed by atoms with Crippen LogP contribution in [0.2, 0.25) is 0 Å². The first kappa shape index (κ1) is 22.8. The van der Waals surface area contributed by atoms with Gasteiger partial charge in [-0.05, 0) is 42.0 Å². The van der Waals surface area contributed by atoms with E-state index in [1.807, 2.05) is 18.2 Å². The van der Waals surface area contributed by atoms with E-state index in [9.17, 15) is 14.3 Å². The summed E-state index contributed by atoms with van der Waals surface area (Å²) in [6, 6.07) is 10.00. The Kier molecular flexibility index (Phi) is 5.59. The van der Waals surface area contributed by atoms with Gasteiger partial charge in [0.15, 0.2) is 17.6 Å². The number of benzene rings is 2. The first-order chi connectivity index (χ1) is 17.5. The molecule has 0 aliphatic carbocycles. The molecule has 3 aliphatic rings. The van der Waals surface area contributed by atoms with Crippen LogP contribution in [0.4, 0.5) is 10.1 Å². The standard InChI is InChI=1S/C28H27FN4O3/c1-33(14-3-2-6-23(33)31-12-15-36-16-13-31)26-21-5-4-11-30-25(21)27(34)24-22(26)18-32(28(24)35)17-19-7-9-20(29)10-8-19/h2-11,14,23H,12-13,15-18H2,1H3/p+1. The Morgan fingerprint density at radius 3 is 2.72 bits per heavy atom. The van der Waals surface area contributed by atoms with Gasteiger partial charge < -0.3 is 14.7 Å². The molecule has 0 saturated carbocycles. The number of phenols is 1. The number of allylic oxidation sites excluding steroid dienone is 2. The summed E-state index contributed by atoms with van der Waals surface area (Å²) in [7, 11) is 2.15. The number of halogens is 1. The molecule has 4 heterocycles. The number of morpholine rings is 1. The maximum absolute atomic E-state index is 13.7. The van der Waals surface area contributed by atoms with E-state index >= 15 is 0 Å². The number of ether oxygens (including phenoxy) is 1. The van der Waals surface area contributed by atoms with Crippen LogP contribution in [-0.2, 0) is 17.8 Å². The summed E-state index contributed by atoms with van der Waals surface area (Å²) >= 11 is 0. The van der Waals surface area contributed by atoms with Crippen molar-refractivity contribution in [1.29, 1.82) is 0 Å². The number of amides is 1. The number of hydrogen-bond donors (Lipinski definition) is 1. The van der Waals surface area contributed by atoms with Gasteiger partial charge in [-0.25, -0.2) is 13.8 Å². The van der Waals surface area contributed by atoms with Gasteiger partial charge in [-0.15, -0.1) is 0 Å². The van der Waals surface area contributed by atoms with Crippen molar-refractivity contribution in [2.45, 2.75) is 19.3 Å². The average molecular weight is 488 g/mol. The molecule has 7 nitrogen and oxygen atoms in total. The number of pyridine rings is 1. The van der Waals surface area contributed by atoms with Crippen LogP contribution in [0, 0.1) is 5.82 Å². The van der Waals surface area contributed by atoms with E-state index < -0.39 is 0 Å². The van der Waals surface area contributed by atoms with Crippen LogP contribution in [0.5, 0.6) is 5.75 Å². The molecule has 184 valence electrons. The fourth-order valence-corrected chi connectivity index (χ4v) is 5.79. The molecule has 3 aliphatic heterocycles. The van der Waals surface area contributed by atoms with Gasteiger partial charge >= 0.3 is 0 Å². The zero-order chi connectivity index (χ0) is 24.9. The van der Waals surface area contributed by atoms with Crippen molar-refractivity contribution in [2.75, 3.05) is 33.4 Å². The predicted octanol–water partition coefficient (Wildman–Crippen LogP) is 3.91. The second-order valence-electron chi connectivity index (χ2n) is 9.67. The highest BCUT2D eigenvalue weighted by Gasteiger charge is 2.45. The number of carbonyl (C=O) groups excluding carboxylic acids is 1. The molecule has 1 saturated heterocycles. The molecule has 3 aromatic rings. The van der Waals surface area contributed by atoms with Gasteiger partial charge in [0.2, 0.25) is 0 Å². The molecule has 0 bridgehead atoms. The second-order valence-corrected chi connectivity index (χ2v) is 9.67. The Labute approximate surface area is 208 Å².